The number of anilines is 1. The number of rotatable bonds is 6. The normalized spacial score (nSPS) is 13.3. The molecule has 0 aliphatic rings. The number of ether oxygens (including phenoxy) is 1. The van der Waals surface area contributed by atoms with Crippen LogP contribution in [0.25, 0.3) is 0 Å². The van der Waals surface area contributed by atoms with Crippen LogP contribution in [0, 0.1) is 0 Å². The molecule has 0 heterocycles. The second kappa shape index (κ2) is 6.60. The smallest absolute Gasteiger partial charge is 0.181 e. The number of likely N-dealkylation sites (N-methyl/N-ethyl adjacent to an activating group) is 2. The summed E-state index contributed by atoms with van der Waals surface area (Å²) in [5, 5.41) is 19.9. The third-order valence-corrected chi connectivity index (χ3v) is 2.84. The molecule has 1 rings (SSSR count). The second-order valence-electron chi connectivity index (χ2n) is 4.91. The number of aliphatic hydroxyl groups excluding tert-OH is 1. The first-order chi connectivity index (χ1) is 8.84. The summed E-state index contributed by atoms with van der Waals surface area (Å²) in [5.74, 6) is 0.177. The van der Waals surface area contributed by atoms with Gasteiger partial charge in [0.2, 0.25) is 0 Å². The highest BCUT2D eigenvalue weighted by Crippen LogP contribution is 2.31. The predicted molar refractivity (Wildman–Crippen MR) is 75.2 cm³/mol. The highest BCUT2D eigenvalue weighted by Gasteiger charge is 2.24. The van der Waals surface area contributed by atoms with Gasteiger partial charge in [-0.25, -0.2) is 0 Å². The molecular weight excluding hydrogens is 246 g/mol. The molecule has 0 amide bonds. The van der Waals surface area contributed by atoms with Gasteiger partial charge < -0.3 is 20.7 Å². The van der Waals surface area contributed by atoms with E-state index in [-0.39, 0.29) is 30.0 Å². The predicted octanol–water partition coefficient (Wildman–Crippen LogP) is 0.163. The molecule has 108 valence electrons. The summed E-state index contributed by atoms with van der Waals surface area (Å²) in [4.78, 5) is 3.79. The molecule has 0 bridgehead atoms. The molecule has 1 atom stereocenters. The largest absolute Gasteiger partial charge is 0.503 e. The maximum Gasteiger partial charge on any atom is 0.181 e. The number of nitrogen functional groups attached to an aromatic ring is 1. The van der Waals surface area contributed by atoms with Crippen molar-refractivity contribution in [2.24, 2.45) is 0 Å². The summed E-state index contributed by atoms with van der Waals surface area (Å²) in [5.41, 5.74) is 5.83. The van der Waals surface area contributed by atoms with E-state index < -0.39 is 6.10 Å². The fourth-order valence-corrected chi connectivity index (χ4v) is 2.07. The van der Waals surface area contributed by atoms with E-state index in [2.05, 4.69) is 0 Å². The molecule has 19 heavy (non-hydrogen) atoms. The molecule has 0 aliphatic carbocycles. The van der Waals surface area contributed by atoms with Crippen LogP contribution in [0.5, 0.6) is 11.5 Å². The Bertz CT molecular complexity index is 402. The van der Waals surface area contributed by atoms with Crippen LogP contribution < -0.4 is 10.5 Å². The number of phenolic OH excluding ortho intramolecular Hbond substituents is 1. The zero-order valence-electron chi connectivity index (χ0n) is 11.9. The lowest BCUT2D eigenvalue weighted by Crippen LogP contribution is -2.51. The van der Waals surface area contributed by atoms with E-state index in [9.17, 15) is 10.2 Å². The zero-order chi connectivity index (χ0) is 14.6. The molecule has 1 aromatic rings. The van der Waals surface area contributed by atoms with E-state index in [0.29, 0.717) is 0 Å². The fraction of sp³-hybridized carbons (Fsp3) is 0.538. The third kappa shape index (κ3) is 3.99. The molecule has 0 saturated heterocycles. The molecule has 1 aromatic carbocycles. The van der Waals surface area contributed by atoms with Crippen molar-refractivity contribution in [1.29, 1.82) is 0 Å². The Morgan fingerprint density at radius 3 is 2.32 bits per heavy atom. The van der Waals surface area contributed by atoms with Gasteiger partial charge in [-0.15, -0.1) is 0 Å². The van der Waals surface area contributed by atoms with Gasteiger partial charge in [0.25, 0.3) is 0 Å². The van der Waals surface area contributed by atoms with Gasteiger partial charge in [-0.05, 0) is 40.3 Å². The Balaban J connectivity index is 2.67. The summed E-state index contributed by atoms with van der Waals surface area (Å²) < 4.78 is 5.43. The van der Waals surface area contributed by atoms with Gasteiger partial charge in [-0.1, -0.05) is 6.07 Å². The molecule has 1 unspecified atom stereocenters. The number of hydrogen-bond acceptors (Lipinski definition) is 6. The first-order valence-electron chi connectivity index (χ1n) is 6.05. The average molecular weight is 269 g/mol. The van der Waals surface area contributed by atoms with Gasteiger partial charge in [-0.2, -0.15) is 0 Å². The quantitative estimate of drug-likeness (QED) is 0.388. The molecular formula is C13H23N3O3. The van der Waals surface area contributed by atoms with Crippen molar-refractivity contribution in [1.82, 2.24) is 9.80 Å². The van der Waals surface area contributed by atoms with Crippen LogP contribution >= 0.6 is 0 Å². The molecule has 0 spiro atoms. The van der Waals surface area contributed by atoms with Crippen LogP contribution in [0.1, 0.15) is 0 Å². The number of hydrogen-bond donors (Lipinski definition) is 3. The lowest BCUT2D eigenvalue weighted by atomic mass is 10.2. The number of aromatic hydroxyl groups is 1. The minimum atomic E-state index is -0.717. The highest BCUT2D eigenvalue weighted by atomic mass is 16.5. The minimum absolute atomic E-state index is 0.0675. The van der Waals surface area contributed by atoms with Crippen molar-refractivity contribution in [3.8, 4) is 11.5 Å². The number of benzene rings is 1. The Labute approximate surface area is 114 Å². The van der Waals surface area contributed by atoms with Gasteiger partial charge >= 0.3 is 0 Å². The van der Waals surface area contributed by atoms with Gasteiger partial charge in [0.15, 0.2) is 11.5 Å². The van der Waals surface area contributed by atoms with Crippen molar-refractivity contribution in [3.05, 3.63) is 18.2 Å². The third-order valence-electron chi connectivity index (χ3n) is 2.84. The molecule has 6 heteroatoms. The molecule has 0 saturated carbocycles. The van der Waals surface area contributed by atoms with Crippen molar-refractivity contribution < 1.29 is 14.9 Å². The van der Waals surface area contributed by atoms with E-state index in [0.717, 1.165) is 0 Å². The van der Waals surface area contributed by atoms with Gasteiger partial charge in [0, 0.05) is 0 Å². The van der Waals surface area contributed by atoms with Crippen LogP contribution in [-0.2, 0) is 0 Å². The summed E-state index contributed by atoms with van der Waals surface area (Å²) in [7, 11) is 7.52. The number of nitrogens with two attached hydrogens (primary N) is 1. The first-order valence-corrected chi connectivity index (χ1v) is 6.05. The van der Waals surface area contributed by atoms with E-state index >= 15 is 0 Å². The number of para-hydroxylation sites is 1. The average Bonchev–Trinajstić information content (AvgIpc) is 2.30. The first kappa shape index (κ1) is 15.6. The highest BCUT2D eigenvalue weighted by molar-refractivity contribution is 5.58. The summed E-state index contributed by atoms with van der Waals surface area (Å²) in [6, 6.07) is 4.88. The summed E-state index contributed by atoms with van der Waals surface area (Å²) >= 11 is 0. The lowest BCUT2D eigenvalue weighted by Gasteiger charge is -2.34. The molecule has 4 N–H and O–H groups in total. The van der Waals surface area contributed by atoms with Crippen molar-refractivity contribution >= 4 is 5.69 Å². The van der Waals surface area contributed by atoms with Crippen molar-refractivity contribution in [2.45, 2.75) is 12.3 Å². The fourth-order valence-electron chi connectivity index (χ4n) is 2.07. The summed E-state index contributed by atoms with van der Waals surface area (Å²) in [6.07, 6.45) is -0.894. The monoisotopic (exact) mass is 269 g/mol. The topological polar surface area (TPSA) is 82.2 Å². The Morgan fingerprint density at radius 2 is 1.79 bits per heavy atom. The Kier molecular flexibility index (Phi) is 5.41. The Hall–Kier alpha value is -1.50. The van der Waals surface area contributed by atoms with E-state index in [1.165, 1.54) is 0 Å². The van der Waals surface area contributed by atoms with Crippen LogP contribution in [0.4, 0.5) is 5.69 Å². The standard InChI is InChI=1S/C13H23N3O3/c1-15(2)13(16(3)4)10(17)8-19-11-7-5-6-9(14)12(11)18/h5-7,10,13,17-18H,8,14H2,1-4H3. The van der Waals surface area contributed by atoms with Gasteiger partial charge in [0.1, 0.15) is 12.7 Å². The van der Waals surface area contributed by atoms with E-state index in [1.54, 1.807) is 18.2 Å². The lowest BCUT2D eigenvalue weighted by molar-refractivity contribution is -0.0253. The van der Waals surface area contributed by atoms with Gasteiger partial charge in [-0.3, -0.25) is 9.80 Å². The van der Waals surface area contributed by atoms with Crippen molar-refractivity contribution in [2.75, 3.05) is 40.5 Å². The molecule has 6 nitrogen and oxygen atoms in total. The van der Waals surface area contributed by atoms with Gasteiger partial charge in [0.05, 0.1) is 11.9 Å². The maximum atomic E-state index is 10.2. The number of phenols is 1. The SMILES string of the molecule is CN(C)C(C(O)COc1cccc(N)c1O)N(C)C. The Morgan fingerprint density at radius 1 is 1.21 bits per heavy atom. The van der Waals surface area contributed by atoms with Crippen LogP contribution in [0.2, 0.25) is 0 Å². The van der Waals surface area contributed by atoms with Crippen LogP contribution in [-0.4, -0.2) is 67.1 Å². The zero-order valence-corrected chi connectivity index (χ0v) is 11.9. The van der Waals surface area contributed by atoms with E-state index in [1.807, 2.05) is 38.0 Å². The second-order valence-corrected chi connectivity index (χ2v) is 4.91. The van der Waals surface area contributed by atoms with Crippen molar-refractivity contribution in [3.63, 3.8) is 0 Å². The number of nitrogens with zero attached hydrogens (tertiary/aromatic N) is 2. The maximum absolute atomic E-state index is 10.2. The molecule has 0 fully saturated rings. The van der Waals surface area contributed by atoms with Crippen LogP contribution in [0.15, 0.2) is 18.2 Å². The van der Waals surface area contributed by atoms with E-state index in [4.69, 9.17) is 10.5 Å². The summed E-state index contributed by atoms with van der Waals surface area (Å²) in [6.45, 7) is 0.0675. The molecule has 0 aromatic heterocycles. The molecule has 0 radical (unpaired) electrons. The number of aliphatic hydroxyl groups is 1. The molecule has 0 aliphatic heterocycles. The van der Waals surface area contributed by atoms with Crippen LogP contribution in [0.3, 0.4) is 0 Å². The minimum Gasteiger partial charge on any atom is -0.503 e.